The molecule has 0 aliphatic carbocycles. The largest absolute Gasteiger partial charge is 0.495 e. The molecule has 17 heavy (non-hydrogen) atoms. The van der Waals surface area contributed by atoms with E-state index >= 15 is 0 Å². The van der Waals surface area contributed by atoms with Crippen molar-refractivity contribution in [1.82, 2.24) is 0 Å². The molecule has 1 aromatic rings. The van der Waals surface area contributed by atoms with E-state index in [1.165, 1.54) is 0 Å². The molecule has 0 bridgehead atoms. The van der Waals surface area contributed by atoms with Crippen LogP contribution in [-0.4, -0.2) is 18.2 Å². The number of nitrogens with two attached hydrogens (primary N) is 1. The van der Waals surface area contributed by atoms with Crippen LogP contribution in [0.4, 0.5) is 0 Å². The van der Waals surface area contributed by atoms with Crippen molar-refractivity contribution >= 4 is 21.9 Å². The van der Waals surface area contributed by atoms with Crippen LogP contribution >= 0.6 is 15.9 Å². The standard InChI is InChI=1S/C12H16BrNO3/c1-7-3-4-8(11(13)12(7)17-2)9(14)5-6-10(15)16/h3-4,9H,5-6,14H2,1-2H3,(H,15,16). The van der Waals surface area contributed by atoms with Crippen LogP contribution in [0.2, 0.25) is 0 Å². The van der Waals surface area contributed by atoms with Gasteiger partial charge in [-0.25, -0.2) is 0 Å². The molecule has 3 N–H and O–H groups in total. The number of rotatable bonds is 5. The van der Waals surface area contributed by atoms with Crippen molar-refractivity contribution in [2.24, 2.45) is 5.73 Å². The van der Waals surface area contributed by atoms with E-state index in [0.717, 1.165) is 21.3 Å². The maximum Gasteiger partial charge on any atom is 0.303 e. The lowest BCUT2D eigenvalue weighted by atomic mass is 10.0. The van der Waals surface area contributed by atoms with Gasteiger partial charge in [0.15, 0.2) is 0 Å². The fraction of sp³-hybridized carbons (Fsp3) is 0.417. The molecule has 0 saturated heterocycles. The van der Waals surface area contributed by atoms with Gasteiger partial charge < -0.3 is 15.6 Å². The van der Waals surface area contributed by atoms with E-state index in [0.29, 0.717) is 6.42 Å². The third-order valence-electron chi connectivity index (χ3n) is 2.60. The molecule has 0 fully saturated rings. The first-order valence-electron chi connectivity index (χ1n) is 5.27. The number of hydrogen-bond donors (Lipinski definition) is 2. The fourth-order valence-corrected chi connectivity index (χ4v) is 2.54. The Morgan fingerprint density at radius 2 is 2.24 bits per heavy atom. The Morgan fingerprint density at radius 1 is 1.59 bits per heavy atom. The van der Waals surface area contributed by atoms with Crippen molar-refractivity contribution in [3.8, 4) is 5.75 Å². The quantitative estimate of drug-likeness (QED) is 0.877. The molecule has 0 aliphatic rings. The predicted octanol–water partition coefficient (Wildman–Crippen LogP) is 2.63. The molecule has 0 spiro atoms. The smallest absolute Gasteiger partial charge is 0.303 e. The summed E-state index contributed by atoms with van der Waals surface area (Å²) in [7, 11) is 1.60. The zero-order valence-electron chi connectivity index (χ0n) is 9.87. The third-order valence-corrected chi connectivity index (χ3v) is 3.41. The van der Waals surface area contributed by atoms with Gasteiger partial charge >= 0.3 is 5.97 Å². The van der Waals surface area contributed by atoms with Gasteiger partial charge in [-0.05, 0) is 40.4 Å². The van der Waals surface area contributed by atoms with Crippen LogP contribution in [0, 0.1) is 6.92 Å². The van der Waals surface area contributed by atoms with E-state index in [1.54, 1.807) is 7.11 Å². The number of halogens is 1. The Balaban J connectivity index is 2.94. The van der Waals surface area contributed by atoms with Crippen molar-refractivity contribution in [3.63, 3.8) is 0 Å². The maximum atomic E-state index is 10.5. The SMILES string of the molecule is COc1c(C)ccc(C(N)CCC(=O)O)c1Br. The van der Waals surface area contributed by atoms with E-state index in [9.17, 15) is 4.79 Å². The van der Waals surface area contributed by atoms with Crippen molar-refractivity contribution < 1.29 is 14.6 Å². The monoisotopic (exact) mass is 301 g/mol. The highest BCUT2D eigenvalue weighted by Crippen LogP contribution is 2.35. The van der Waals surface area contributed by atoms with Crippen molar-refractivity contribution in [2.45, 2.75) is 25.8 Å². The van der Waals surface area contributed by atoms with Gasteiger partial charge in [-0.3, -0.25) is 4.79 Å². The summed E-state index contributed by atoms with van der Waals surface area (Å²) in [5.74, 6) is -0.0936. The normalized spacial score (nSPS) is 12.2. The first kappa shape index (κ1) is 14.0. The van der Waals surface area contributed by atoms with E-state index in [-0.39, 0.29) is 12.5 Å². The highest BCUT2D eigenvalue weighted by atomic mass is 79.9. The lowest BCUT2D eigenvalue weighted by Gasteiger charge is -2.16. The Labute approximate surface area is 109 Å². The minimum absolute atomic E-state index is 0.0593. The van der Waals surface area contributed by atoms with Crippen LogP contribution in [-0.2, 0) is 4.79 Å². The summed E-state index contributed by atoms with van der Waals surface area (Å²) in [6, 6.07) is 3.50. The number of aliphatic carboxylic acids is 1. The molecule has 1 aromatic carbocycles. The first-order chi connectivity index (χ1) is 7.97. The molecule has 0 amide bonds. The second-order valence-electron chi connectivity index (χ2n) is 3.86. The second kappa shape index (κ2) is 6.02. The summed E-state index contributed by atoms with van der Waals surface area (Å²) in [6.07, 6.45) is 0.462. The number of carbonyl (C=O) groups is 1. The number of carboxylic acids is 1. The van der Waals surface area contributed by atoms with Gasteiger partial charge in [-0.1, -0.05) is 12.1 Å². The van der Waals surface area contributed by atoms with Crippen molar-refractivity contribution in [1.29, 1.82) is 0 Å². The van der Waals surface area contributed by atoms with Gasteiger partial charge in [0.1, 0.15) is 5.75 Å². The van der Waals surface area contributed by atoms with E-state index in [2.05, 4.69) is 15.9 Å². The molecule has 0 heterocycles. The molecule has 0 aromatic heterocycles. The lowest BCUT2D eigenvalue weighted by molar-refractivity contribution is -0.137. The number of aryl methyl sites for hydroxylation is 1. The summed E-state index contributed by atoms with van der Waals surface area (Å²) in [5.41, 5.74) is 7.85. The average molecular weight is 302 g/mol. The fourth-order valence-electron chi connectivity index (χ4n) is 1.64. The first-order valence-corrected chi connectivity index (χ1v) is 6.07. The van der Waals surface area contributed by atoms with Crippen LogP contribution in [0.15, 0.2) is 16.6 Å². The molecular weight excluding hydrogens is 286 g/mol. The Kier molecular flexibility index (Phi) is 4.96. The van der Waals surface area contributed by atoms with Crippen LogP contribution in [0.25, 0.3) is 0 Å². The van der Waals surface area contributed by atoms with E-state index in [1.807, 2.05) is 19.1 Å². The Morgan fingerprint density at radius 3 is 2.76 bits per heavy atom. The van der Waals surface area contributed by atoms with Gasteiger partial charge in [0.25, 0.3) is 0 Å². The summed E-state index contributed by atoms with van der Waals surface area (Å²) in [5, 5.41) is 8.63. The average Bonchev–Trinajstić information content (AvgIpc) is 2.26. The van der Waals surface area contributed by atoms with E-state index < -0.39 is 5.97 Å². The number of benzene rings is 1. The second-order valence-corrected chi connectivity index (χ2v) is 4.65. The molecule has 4 nitrogen and oxygen atoms in total. The number of carboxylic acid groups (broad SMARTS) is 1. The molecule has 1 unspecified atom stereocenters. The highest BCUT2D eigenvalue weighted by molar-refractivity contribution is 9.10. The summed E-state index contributed by atoms with van der Waals surface area (Å²) >= 11 is 3.45. The van der Waals surface area contributed by atoms with Crippen LogP contribution in [0.1, 0.15) is 30.0 Å². The van der Waals surface area contributed by atoms with E-state index in [4.69, 9.17) is 15.6 Å². The minimum atomic E-state index is -0.837. The van der Waals surface area contributed by atoms with Gasteiger partial charge in [0.2, 0.25) is 0 Å². The minimum Gasteiger partial charge on any atom is -0.495 e. The maximum absolute atomic E-state index is 10.5. The zero-order valence-corrected chi connectivity index (χ0v) is 11.5. The summed E-state index contributed by atoms with van der Waals surface area (Å²) in [4.78, 5) is 10.5. The van der Waals surface area contributed by atoms with Gasteiger partial charge in [-0.15, -0.1) is 0 Å². The summed E-state index contributed by atoms with van der Waals surface area (Å²) < 4.78 is 6.08. The molecule has 1 rings (SSSR count). The van der Waals surface area contributed by atoms with Gasteiger partial charge in [0, 0.05) is 12.5 Å². The summed E-state index contributed by atoms with van der Waals surface area (Å²) in [6.45, 7) is 1.94. The zero-order chi connectivity index (χ0) is 13.0. The molecule has 94 valence electrons. The van der Waals surface area contributed by atoms with Crippen LogP contribution in [0.5, 0.6) is 5.75 Å². The predicted molar refractivity (Wildman–Crippen MR) is 69.2 cm³/mol. The lowest BCUT2D eigenvalue weighted by Crippen LogP contribution is -2.13. The molecular formula is C12H16BrNO3. The number of methoxy groups -OCH3 is 1. The molecule has 0 aliphatic heterocycles. The molecule has 1 atom stereocenters. The number of hydrogen-bond acceptors (Lipinski definition) is 3. The molecule has 5 heteroatoms. The molecule has 0 radical (unpaired) electrons. The van der Waals surface area contributed by atoms with Gasteiger partial charge in [0.05, 0.1) is 11.6 Å². The van der Waals surface area contributed by atoms with Gasteiger partial charge in [-0.2, -0.15) is 0 Å². The van der Waals surface area contributed by atoms with Crippen molar-refractivity contribution in [2.75, 3.05) is 7.11 Å². The Bertz CT molecular complexity index is 420. The Hall–Kier alpha value is -1.07. The van der Waals surface area contributed by atoms with Crippen LogP contribution < -0.4 is 10.5 Å². The number of ether oxygens (including phenoxy) is 1. The molecule has 0 saturated carbocycles. The topological polar surface area (TPSA) is 72.5 Å². The third kappa shape index (κ3) is 3.44. The van der Waals surface area contributed by atoms with Crippen molar-refractivity contribution in [3.05, 3.63) is 27.7 Å². The highest BCUT2D eigenvalue weighted by Gasteiger charge is 2.15. The van der Waals surface area contributed by atoms with Crippen LogP contribution in [0.3, 0.4) is 0 Å².